The summed E-state index contributed by atoms with van der Waals surface area (Å²) in [5, 5.41) is 1.62. The SMILES string of the molecule is Fc1c(C=NC2CCCCC2)ccc2ccccc12. The molecule has 98 valence electrons. The smallest absolute Gasteiger partial charge is 0.139 e. The minimum absolute atomic E-state index is 0.155. The lowest BCUT2D eigenvalue weighted by atomic mass is 9.96. The molecule has 0 N–H and O–H groups in total. The predicted octanol–water partition coefficient (Wildman–Crippen LogP) is 4.73. The molecule has 3 rings (SSSR count). The predicted molar refractivity (Wildman–Crippen MR) is 78.4 cm³/mol. The van der Waals surface area contributed by atoms with E-state index in [4.69, 9.17) is 0 Å². The zero-order valence-electron chi connectivity index (χ0n) is 11.0. The number of rotatable bonds is 2. The number of fused-ring (bicyclic) bond motifs is 1. The number of benzene rings is 2. The van der Waals surface area contributed by atoms with Gasteiger partial charge >= 0.3 is 0 Å². The van der Waals surface area contributed by atoms with E-state index in [9.17, 15) is 4.39 Å². The molecule has 0 heterocycles. The summed E-state index contributed by atoms with van der Waals surface area (Å²) in [4.78, 5) is 4.56. The molecule has 0 atom stereocenters. The Kier molecular flexibility index (Phi) is 3.58. The van der Waals surface area contributed by atoms with E-state index in [0.29, 0.717) is 17.0 Å². The number of hydrogen-bond donors (Lipinski definition) is 0. The quantitative estimate of drug-likeness (QED) is 0.688. The van der Waals surface area contributed by atoms with Gasteiger partial charge < -0.3 is 0 Å². The highest BCUT2D eigenvalue weighted by Crippen LogP contribution is 2.22. The van der Waals surface area contributed by atoms with Gasteiger partial charge in [-0.3, -0.25) is 4.99 Å². The zero-order chi connectivity index (χ0) is 13.1. The van der Waals surface area contributed by atoms with Crippen molar-refractivity contribution in [3.63, 3.8) is 0 Å². The van der Waals surface area contributed by atoms with Crippen LogP contribution in [0.2, 0.25) is 0 Å². The van der Waals surface area contributed by atoms with Crippen LogP contribution in [-0.4, -0.2) is 12.3 Å². The van der Waals surface area contributed by atoms with Crippen LogP contribution < -0.4 is 0 Å². The van der Waals surface area contributed by atoms with E-state index >= 15 is 0 Å². The molecule has 1 nitrogen and oxygen atoms in total. The van der Waals surface area contributed by atoms with E-state index < -0.39 is 0 Å². The van der Waals surface area contributed by atoms with Gasteiger partial charge in [-0.1, -0.05) is 49.6 Å². The Hall–Kier alpha value is -1.70. The van der Waals surface area contributed by atoms with Gasteiger partial charge in [0.25, 0.3) is 0 Å². The van der Waals surface area contributed by atoms with Gasteiger partial charge in [-0.15, -0.1) is 0 Å². The summed E-state index contributed by atoms with van der Waals surface area (Å²) >= 11 is 0. The van der Waals surface area contributed by atoms with Crippen LogP contribution in [0.4, 0.5) is 4.39 Å². The molecule has 2 aromatic rings. The van der Waals surface area contributed by atoms with Crippen LogP contribution in [0.5, 0.6) is 0 Å². The fourth-order valence-electron chi connectivity index (χ4n) is 2.77. The molecular formula is C17H18FN. The molecular weight excluding hydrogens is 237 g/mol. The largest absolute Gasteiger partial charge is 0.289 e. The minimum Gasteiger partial charge on any atom is -0.289 e. The molecule has 2 heteroatoms. The van der Waals surface area contributed by atoms with Gasteiger partial charge in [-0.2, -0.15) is 0 Å². The molecule has 0 spiro atoms. The summed E-state index contributed by atoms with van der Waals surface area (Å²) < 4.78 is 14.3. The van der Waals surface area contributed by atoms with Gasteiger partial charge in [0.15, 0.2) is 0 Å². The first-order valence-electron chi connectivity index (χ1n) is 7.05. The maximum absolute atomic E-state index is 14.3. The molecule has 0 aliphatic heterocycles. The Morgan fingerprint density at radius 3 is 2.63 bits per heavy atom. The number of hydrogen-bond acceptors (Lipinski definition) is 1. The van der Waals surface area contributed by atoms with Crippen LogP contribution in [0.3, 0.4) is 0 Å². The Balaban J connectivity index is 1.88. The Labute approximate surface area is 113 Å². The highest BCUT2D eigenvalue weighted by Gasteiger charge is 2.11. The van der Waals surface area contributed by atoms with Crippen molar-refractivity contribution < 1.29 is 4.39 Å². The van der Waals surface area contributed by atoms with Crippen molar-refractivity contribution in [2.24, 2.45) is 4.99 Å². The van der Waals surface area contributed by atoms with Gasteiger partial charge in [0.05, 0.1) is 0 Å². The third-order valence-corrected chi connectivity index (χ3v) is 3.89. The lowest BCUT2D eigenvalue weighted by Crippen LogP contribution is -2.09. The normalized spacial score (nSPS) is 17.3. The van der Waals surface area contributed by atoms with Crippen molar-refractivity contribution in [2.75, 3.05) is 0 Å². The van der Waals surface area contributed by atoms with Gasteiger partial charge in [0.2, 0.25) is 0 Å². The van der Waals surface area contributed by atoms with E-state index in [0.717, 1.165) is 18.2 Å². The summed E-state index contributed by atoms with van der Waals surface area (Å²) in [6.45, 7) is 0. The van der Waals surface area contributed by atoms with E-state index in [-0.39, 0.29) is 5.82 Å². The average molecular weight is 255 g/mol. The van der Waals surface area contributed by atoms with Gasteiger partial charge in [-0.05, 0) is 24.3 Å². The van der Waals surface area contributed by atoms with Crippen LogP contribution >= 0.6 is 0 Å². The Morgan fingerprint density at radius 2 is 1.79 bits per heavy atom. The first kappa shape index (κ1) is 12.3. The Morgan fingerprint density at radius 1 is 1.00 bits per heavy atom. The van der Waals surface area contributed by atoms with Crippen LogP contribution in [0.15, 0.2) is 41.4 Å². The highest BCUT2D eigenvalue weighted by atomic mass is 19.1. The van der Waals surface area contributed by atoms with Crippen LogP contribution in [0.25, 0.3) is 10.8 Å². The second-order valence-corrected chi connectivity index (χ2v) is 5.26. The lowest BCUT2D eigenvalue weighted by molar-refractivity contribution is 0.444. The van der Waals surface area contributed by atoms with Crippen LogP contribution in [-0.2, 0) is 0 Å². The van der Waals surface area contributed by atoms with E-state index in [1.807, 2.05) is 36.4 Å². The van der Waals surface area contributed by atoms with E-state index in [1.54, 1.807) is 6.21 Å². The molecule has 1 saturated carbocycles. The van der Waals surface area contributed by atoms with E-state index in [1.165, 1.54) is 19.3 Å². The molecule has 19 heavy (non-hydrogen) atoms. The third kappa shape index (κ3) is 2.67. The molecule has 0 aromatic heterocycles. The average Bonchev–Trinajstić information content (AvgIpc) is 2.48. The molecule has 1 fully saturated rings. The van der Waals surface area contributed by atoms with Crippen LogP contribution in [0.1, 0.15) is 37.7 Å². The number of aliphatic imine (C=N–C) groups is 1. The molecule has 0 amide bonds. The second kappa shape index (κ2) is 5.52. The van der Waals surface area contributed by atoms with Crippen molar-refractivity contribution in [2.45, 2.75) is 38.1 Å². The summed E-state index contributed by atoms with van der Waals surface area (Å²) in [5.74, 6) is -0.155. The summed E-state index contributed by atoms with van der Waals surface area (Å²) in [6, 6.07) is 11.7. The highest BCUT2D eigenvalue weighted by molar-refractivity contribution is 5.91. The Bertz CT molecular complexity index is 597. The third-order valence-electron chi connectivity index (χ3n) is 3.89. The molecule has 1 aliphatic rings. The van der Waals surface area contributed by atoms with Crippen molar-refractivity contribution in [3.8, 4) is 0 Å². The standard InChI is InChI=1S/C17H18FN/c18-17-14(12-19-15-7-2-1-3-8-15)11-10-13-6-4-5-9-16(13)17/h4-6,9-12,15H,1-3,7-8H2. The maximum atomic E-state index is 14.3. The van der Waals surface area contributed by atoms with Crippen molar-refractivity contribution >= 4 is 17.0 Å². The molecule has 0 saturated heterocycles. The van der Waals surface area contributed by atoms with Crippen LogP contribution in [0, 0.1) is 5.82 Å². The van der Waals surface area contributed by atoms with Gasteiger partial charge in [0, 0.05) is 23.2 Å². The molecule has 0 radical (unpaired) electrons. The summed E-state index contributed by atoms with van der Waals surface area (Å²) in [5.41, 5.74) is 0.601. The van der Waals surface area contributed by atoms with E-state index in [2.05, 4.69) is 4.99 Å². The minimum atomic E-state index is -0.155. The fourth-order valence-corrected chi connectivity index (χ4v) is 2.77. The molecule has 2 aromatic carbocycles. The lowest BCUT2D eigenvalue weighted by Gasteiger charge is -2.17. The van der Waals surface area contributed by atoms with Crippen molar-refractivity contribution in [3.05, 3.63) is 47.8 Å². The molecule has 0 unspecified atom stereocenters. The van der Waals surface area contributed by atoms with Gasteiger partial charge in [-0.25, -0.2) is 4.39 Å². The zero-order valence-corrected chi connectivity index (χ0v) is 11.0. The first-order valence-corrected chi connectivity index (χ1v) is 7.05. The van der Waals surface area contributed by atoms with Crippen molar-refractivity contribution in [1.29, 1.82) is 0 Å². The maximum Gasteiger partial charge on any atom is 0.139 e. The molecule has 0 bridgehead atoms. The van der Waals surface area contributed by atoms with Crippen molar-refractivity contribution in [1.82, 2.24) is 0 Å². The topological polar surface area (TPSA) is 12.4 Å². The monoisotopic (exact) mass is 255 g/mol. The fraction of sp³-hybridized carbons (Fsp3) is 0.353. The second-order valence-electron chi connectivity index (χ2n) is 5.26. The number of halogens is 1. The summed E-state index contributed by atoms with van der Waals surface area (Å²) in [7, 11) is 0. The summed E-state index contributed by atoms with van der Waals surface area (Å²) in [6.07, 6.45) is 7.83. The first-order chi connectivity index (χ1) is 9.34. The number of nitrogens with zero attached hydrogens (tertiary/aromatic N) is 1. The van der Waals surface area contributed by atoms with Gasteiger partial charge in [0.1, 0.15) is 5.82 Å². The molecule has 1 aliphatic carbocycles.